The number of amides is 2. The van der Waals surface area contributed by atoms with Crippen molar-refractivity contribution < 1.29 is 14.3 Å². The molecule has 0 saturated heterocycles. The van der Waals surface area contributed by atoms with Gasteiger partial charge in [-0.15, -0.1) is 0 Å². The summed E-state index contributed by atoms with van der Waals surface area (Å²) in [4.78, 5) is 23.7. The maximum Gasteiger partial charge on any atom is 0.239 e. The maximum atomic E-state index is 11.4. The summed E-state index contributed by atoms with van der Waals surface area (Å²) in [6.07, 6.45) is 0. The number of rotatable bonds is 7. The molecule has 0 bridgehead atoms. The van der Waals surface area contributed by atoms with Gasteiger partial charge in [-0.25, -0.2) is 0 Å². The van der Waals surface area contributed by atoms with E-state index >= 15 is 0 Å². The Morgan fingerprint density at radius 2 is 2.07 bits per heavy atom. The lowest BCUT2D eigenvalue weighted by atomic mass is 10.4. The van der Waals surface area contributed by atoms with Gasteiger partial charge in [0.15, 0.2) is 0 Å². The number of likely N-dealkylation sites (N-methyl/N-ethyl adjacent to an activating group) is 2. The number of hydrogen-bond donors (Lipinski definition) is 2. The second-order valence-electron chi connectivity index (χ2n) is 3.09. The summed E-state index contributed by atoms with van der Waals surface area (Å²) in [5, 5.41) is 5.36. The zero-order chi connectivity index (χ0) is 11.7. The van der Waals surface area contributed by atoms with Gasteiger partial charge in [0.25, 0.3) is 0 Å². The monoisotopic (exact) mass is 217 g/mol. The van der Waals surface area contributed by atoms with Crippen LogP contribution in [0.25, 0.3) is 0 Å². The van der Waals surface area contributed by atoms with E-state index in [1.54, 1.807) is 14.2 Å². The highest BCUT2D eigenvalue weighted by Gasteiger charge is 2.10. The van der Waals surface area contributed by atoms with E-state index in [1.807, 2.05) is 0 Å². The number of ether oxygens (including phenoxy) is 1. The number of carbonyl (C=O) groups excluding carboxylic acids is 2. The number of hydrogen-bond acceptors (Lipinski definition) is 4. The Labute approximate surface area is 90.0 Å². The number of carbonyl (C=O) groups is 2. The van der Waals surface area contributed by atoms with Gasteiger partial charge in [-0.3, -0.25) is 9.59 Å². The third-order valence-electron chi connectivity index (χ3n) is 1.84. The summed E-state index contributed by atoms with van der Waals surface area (Å²) in [5.41, 5.74) is 0. The normalized spacial score (nSPS) is 9.80. The van der Waals surface area contributed by atoms with Gasteiger partial charge < -0.3 is 20.3 Å². The van der Waals surface area contributed by atoms with E-state index in [2.05, 4.69) is 10.6 Å². The molecule has 0 aromatic heterocycles. The van der Waals surface area contributed by atoms with Gasteiger partial charge in [-0.2, -0.15) is 0 Å². The van der Waals surface area contributed by atoms with Crippen molar-refractivity contribution in [3.63, 3.8) is 0 Å². The van der Waals surface area contributed by atoms with Gasteiger partial charge >= 0.3 is 0 Å². The van der Waals surface area contributed by atoms with E-state index in [-0.39, 0.29) is 24.9 Å². The Hall–Kier alpha value is -1.14. The lowest BCUT2D eigenvalue weighted by molar-refractivity contribution is -0.133. The second-order valence-corrected chi connectivity index (χ2v) is 3.09. The summed E-state index contributed by atoms with van der Waals surface area (Å²) in [5.74, 6) is -0.294. The lowest BCUT2D eigenvalue weighted by Crippen LogP contribution is -2.41. The van der Waals surface area contributed by atoms with Crippen LogP contribution in [0.3, 0.4) is 0 Å². The molecule has 2 N–H and O–H groups in total. The van der Waals surface area contributed by atoms with Crippen molar-refractivity contribution in [1.29, 1.82) is 0 Å². The van der Waals surface area contributed by atoms with E-state index < -0.39 is 0 Å². The highest BCUT2D eigenvalue weighted by atomic mass is 16.5. The van der Waals surface area contributed by atoms with Crippen molar-refractivity contribution in [1.82, 2.24) is 15.5 Å². The molecule has 0 aliphatic carbocycles. The average molecular weight is 217 g/mol. The Kier molecular flexibility index (Phi) is 7.57. The zero-order valence-electron chi connectivity index (χ0n) is 9.50. The molecule has 0 radical (unpaired) electrons. The minimum absolute atomic E-state index is 0.0846. The van der Waals surface area contributed by atoms with Crippen LogP contribution in [-0.2, 0) is 14.3 Å². The summed E-state index contributed by atoms with van der Waals surface area (Å²) >= 11 is 0. The molecule has 2 amide bonds. The highest BCUT2D eigenvalue weighted by molar-refractivity contribution is 5.85. The van der Waals surface area contributed by atoms with Crippen LogP contribution < -0.4 is 10.6 Å². The van der Waals surface area contributed by atoms with Crippen molar-refractivity contribution in [2.45, 2.75) is 0 Å². The van der Waals surface area contributed by atoms with Gasteiger partial charge in [0.1, 0.15) is 0 Å². The Morgan fingerprint density at radius 1 is 1.40 bits per heavy atom. The molecule has 0 atom stereocenters. The van der Waals surface area contributed by atoms with Gasteiger partial charge in [0.05, 0.1) is 19.7 Å². The molecule has 6 heteroatoms. The molecule has 15 heavy (non-hydrogen) atoms. The first kappa shape index (κ1) is 13.9. The molecule has 0 saturated carbocycles. The highest BCUT2D eigenvalue weighted by Crippen LogP contribution is 1.83. The summed E-state index contributed by atoms with van der Waals surface area (Å²) in [6, 6.07) is 0. The summed E-state index contributed by atoms with van der Waals surface area (Å²) in [7, 11) is 4.73. The molecule has 0 aliphatic heterocycles. The van der Waals surface area contributed by atoms with E-state index in [9.17, 15) is 9.59 Å². The van der Waals surface area contributed by atoms with Gasteiger partial charge in [0.2, 0.25) is 11.8 Å². The number of methoxy groups -OCH3 is 1. The van der Waals surface area contributed by atoms with Crippen LogP contribution in [0.15, 0.2) is 0 Å². The standard InChI is InChI=1S/C9H19N3O3/c1-10-8(13)7-12(2)9(14)6-11-4-5-15-3/h11H,4-7H2,1-3H3,(H,10,13). The zero-order valence-corrected chi connectivity index (χ0v) is 9.50. The first-order chi connectivity index (χ1) is 7.11. The molecule has 0 rings (SSSR count). The summed E-state index contributed by atoms with van der Waals surface area (Å²) in [6.45, 7) is 1.49. The smallest absolute Gasteiger partial charge is 0.239 e. The van der Waals surface area contributed by atoms with Crippen LogP contribution in [-0.4, -0.2) is 64.2 Å². The third kappa shape index (κ3) is 6.87. The minimum Gasteiger partial charge on any atom is -0.383 e. The van der Waals surface area contributed by atoms with Crippen molar-refractivity contribution in [3.8, 4) is 0 Å². The predicted octanol–water partition coefficient (Wildman–Crippen LogP) is -1.57. The Balaban J connectivity index is 3.64. The average Bonchev–Trinajstić information content (AvgIpc) is 2.23. The van der Waals surface area contributed by atoms with Crippen LogP contribution >= 0.6 is 0 Å². The molecule has 0 heterocycles. The predicted molar refractivity (Wildman–Crippen MR) is 56.4 cm³/mol. The van der Waals surface area contributed by atoms with Gasteiger partial charge in [-0.1, -0.05) is 0 Å². The molecule has 0 aromatic carbocycles. The second kappa shape index (κ2) is 8.19. The van der Waals surface area contributed by atoms with E-state index in [4.69, 9.17) is 4.74 Å². The fourth-order valence-corrected chi connectivity index (χ4v) is 0.887. The molecule has 0 spiro atoms. The van der Waals surface area contributed by atoms with Crippen molar-refractivity contribution in [2.75, 3.05) is 47.4 Å². The van der Waals surface area contributed by atoms with Crippen molar-refractivity contribution in [3.05, 3.63) is 0 Å². The van der Waals surface area contributed by atoms with E-state index in [0.29, 0.717) is 13.2 Å². The van der Waals surface area contributed by atoms with E-state index in [0.717, 1.165) is 0 Å². The molecule has 0 fully saturated rings. The first-order valence-corrected chi connectivity index (χ1v) is 4.76. The molecular weight excluding hydrogens is 198 g/mol. The molecule has 88 valence electrons. The third-order valence-corrected chi connectivity index (χ3v) is 1.84. The molecule has 0 unspecified atom stereocenters. The maximum absolute atomic E-state index is 11.4. The van der Waals surface area contributed by atoms with Crippen LogP contribution in [0.5, 0.6) is 0 Å². The van der Waals surface area contributed by atoms with Crippen LogP contribution in [0.4, 0.5) is 0 Å². The lowest BCUT2D eigenvalue weighted by Gasteiger charge is -2.16. The van der Waals surface area contributed by atoms with Crippen LogP contribution in [0, 0.1) is 0 Å². The number of nitrogens with zero attached hydrogens (tertiary/aromatic N) is 1. The SMILES string of the molecule is CNC(=O)CN(C)C(=O)CNCCOC. The molecule has 0 aromatic rings. The largest absolute Gasteiger partial charge is 0.383 e. The molecular formula is C9H19N3O3. The van der Waals surface area contributed by atoms with Gasteiger partial charge in [-0.05, 0) is 0 Å². The number of nitrogens with one attached hydrogen (secondary N) is 2. The Bertz CT molecular complexity index is 209. The fourth-order valence-electron chi connectivity index (χ4n) is 0.887. The topological polar surface area (TPSA) is 70.7 Å². The van der Waals surface area contributed by atoms with E-state index in [1.165, 1.54) is 11.9 Å². The quantitative estimate of drug-likeness (QED) is 0.505. The summed E-state index contributed by atoms with van der Waals surface area (Å²) < 4.78 is 4.81. The first-order valence-electron chi connectivity index (χ1n) is 4.76. The minimum atomic E-state index is -0.178. The fraction of sp³-hybridized carbons (Fsp3) is 0.778. The Morgan fingerprint density at radius 3 is 2.60 bits per heavy atom. The van der Waals surface area contributed by atoms with Gasteiger partial charge in [0, 0.05) is 27.7 Å². The van der Waals surface area contributed by atoms with Crippen molar-refractivity contribution >= 4 is 11.8 Å². The molecule has 6 nitrogen and oxygen atoms in total. The van der Waals surface area contributed by atoms with Crippen LogP contribution in [0.1, 0.15) is 0 Å². The molecule has 0 aliphatic rings. The van der Waals surface area contributed by atoms with Crippen LogP contribution in [0.2, 0.25) is 0 Å². The van der Waals surface area contributed by atoms with Crippen molar-refractivity contribution in [2.24, 2.45) is 0 Å².